The molecule has 0 aliphatic heterocycles. The Morgan fingerprint density at radius 1 is 1.26 bits per heavy atom. The highest BCUT2D eigenvalue weighted by Gasteiger charge is 2.22. The molecule has 1 aliphatic rings. The first kappa shape index (κ1) is 13.6. The van der Waals surface area contributed by atoms with Gasteiger partial charge in [-0.15, -0.1) is 0 Å². The van der Waals surface area contributed by atoms with Crippen molar-refractivity contribution in [3.05, 3.63) is 28.3 Å². The lowest BCUT2D eigenvalue weighted by Gasteiger charge is -2.27. The molecule has 0 spiro atoms. The Morgan fingerprint density at radius 2 is 1.95 bits per heavy atom. The molecule has 0 heterocycles. The Hall–Kier alpha value is -1.82. The molecular weight excluding hydrogens is 248 g/mol. The van der Waals surface area contributed by atoms with Crippen LogP contribution in [0.1, 0.15) is 25.7 Å². The monoisotopic (exact) mass is 266 g/mol. The first-order valence-corrected chi connectivity index (χ1v) is 6.35. The molecule has 0 aromatic heterocycles. The summed E-state index contributed by atoms with van der Waals surface area (Å²) in [5, 5.41) is 10.8. The van der Waals surface area contributed by atoms with Crippen LogP contribution in [0, 0.1) is 10.1 Å². The number of hydrogen-bond acceptors (Lipinski definition) is 5. The molecule has 0 amide bonds. The topological polar surface area (TPSA) is 87.6 Å². The molecule has 0 bridgehead atoms. The van der Waals surface area contributed by atoms with Crippen LogP contribution < -0.4 is 15.2 Å². The fourth-order valence-corrected chi connectivity index (χ4v) is 2.26. The summed E-state index contributed by atoms with van der Waals surface area (Å²) in [6, 6.07) is 4.62. The molecule has 0 saturated heterocycles. The second kappa shape index (κ2) is 5.88. The average Bonchev–Trinajstić information content (AvgIpc) is 2.41. The SMILES string of the molecule is COc1ccc([N+](=O)[O-])cc1OC1CCC(N)CC1. The van der Waals surface area contributed by atoms with Gasteiger partial charge in [0.05, 0.1) is 24.2 Å². The molecule has 1 aromatic rings. The van der Waals surface area contributed by atoms with E-state index in [0.29, 0.717) is 11.5 Å². The number of non-ortho nitro benzene ring substituents is 1. The Bertz CT molecular complexity index is 456. The van der Waals surface area contributed by atoms with Gasteiger partial charge in [0, 0.05) is 12.1 Å². The van der Waals surface area contributed by atoms with Crippen molar-refractivity contribution < 1.29 is 14.4 Å². The second-order valence-electron chi connectivity index (χ2n) is 4.75. The van der Waals surface area contributed by atoms with E-state index >= 15 is 0 Å². The predicted octanol–water partition coefficient (Wildman–Crippen LogP) is 2.25. The average molecular weight is 266 g/mol. The van der Waals surface area contributed by atoms with E-state index in [1.54, 1.807) is 6.07 Å². The van der Waals surface area contributed by atoms with E-state index in [-0.39, 0.29) is 17.8 Å². The van der Waals surface area contributed by atoms with Crippen LogP contribution in [-0.2, 0) is 0 Å². The van der Waals surface area contributed by atoms with Crippen LogP contribution >= 0.6 is 0 Å². The van der Waals surface area contributed by atoms with Crippen LogP contribution in [0.2, 0.25) is 0 Å². The number of hydrogen-bond donors (Lipinski definition) is 1. The minimum absolute atomic E-state index is 0.00307. The van der Waals surface area contributed by atoms with E-state index in [4.69, 9.17) is 15.2 Å². The van der Waals surface area contributed by atoms with Crippen molar-refractivity contribution in [2.75, 3.05) is 7.11 Å². The summed E-state index contributed by atoms with van der Waals surface area (Å²) < 4.78 is 11.0. The first-order valence-electron chi connectivity index (χ1n) is 6.35. The van der Waals surface area contributed by atoms with Crippen molar-refractivity contribution in [3.8, 4) is 11.5 Å². The lowest BCUT2D eigenvalue weighted by molar-refractivity contribution is -0.385. The molecular formula is C13H18N2O4. The highest BCUT2D eigenvalue weighted by molar-refractivity contribution is 5.48. The van der Waals surface area contributed by atoms with Gasteiger partial charge in [0.25, 0.3) is 5.69 Å². The normalized spacial score (nSPS) is 22.8. The molecule has 6 heteroatoms. The fourth-order valence-electron chi connectivity index (χ4n) is 2.26. The van der Waals surface area contributed by atoms with Crippen LogP contribution in [0.5, 0.6) is 11.5 Å². The molecule has 104 valence electrons. The molecule has 2 rings (SSSR count). The highest BCUT2D eigenvalue weighted by atomic mass is 16.6. The van der Waals surface area contributed by atoms with Gasteiger partial charge in [0.1, 0.15) is 0 Å². The molecule has 1 saturated carbocycles. The molecule has 6 nitrogen and oxygen atoms in total. The van der Waals surface area contributed by atoms with Crippen LogP contribution in [0.15, 0.2) is 18.2 Å². The zero-order valence-electron chi connectivity index (χ0n) is 10.9. The van der Waals surface area contributed by atoms with E-state index in [1.807, 2.05) is 0 Å². The first-order chi connectivity index (χ1) is 9.10. The Morgan fingerprint density at radius 3 is 2.53 bits per heavy atom. The highest BCUT2D eigenvalue weighted by Crippen LogP contribution is 2.33. The van der Waals surface area contributed by atoms with E-state index in [1.165, 1.54) is 19.2 Å². The van der Waals surface area contributed by atoms with Gasteiger partial charge >= 0.3 is 0 Å². The fraction of sp³-hybridized carbons (Fsp3) is 0.538. The van der Waals surface area contributed by atoms with Crippen LogP contribution in [0.4, 0.5) is 5.69 Å². The maximum atomic E-state index is 10.8. The van der Waals surface area contributed by atoms with E-state index in [9.17, 15) is 10.1 Å². The number of nitrogens with zero attached hydrogens (tertiary/aromatic N) is 1. The molecule has 0 atom stereocenters. The van der Waals surface area contributed by atoms with Crippen LogP contribution in [0.25, 0.3) is 0 Å². The van der Waals surface area contributed by atoms with Crippen LogP contribution in [0.3, 0.4) is 0 Å². The Labute approximate surface area is 111 Å². The summed E-state index contributed by atoms with van der Waals surface area (Å²) in [6.07, 6.45) is 3.62. The summed E-state index contributed by atoms with van der Waals surface area (Å²) in [5.41, 5.74) is 5.84. The third kappa shape index (κ3) is 3.35. The lowest BCUT2D eigenvalue weighted by atomic mass is 9.94. The van der Waals surface area contributed by atoms with Gasteiger partial charge in [-0.1, -0.05) is 0 Å². The summed E-state index contributed by atoms with van der Waals surface area (Å²) in [5.74, 6) is 0.942. The summed E-state index contributed by atoms with van der Waals surface area (Å²) in [7, 11) is 1.52. The van der Waals surface area contributed by atoms with Gasteiger partial charge in [0.2, 0.25) is 0 Å². The van der Waals surface area contributed by atoms with E-state index in [0.717, 1.165) is 25.7 Å². The van der Waals surface area contributed by atoms with Crippen molar-refractivity contribution in [2.45, 2.75) is 37.8 Å². The van der Waals surface area contributed by atoms with E-state index < -0.39 is 4.92 Å². The summed E-state index contributed by atoms with van der Waals surface area (Å²) in [4.78, 5) is 10.3. The number of nitrogens with two attached hydrogens (primary N) is 1. The van der Waals surface area contributed by atoms with Gasteiger partial charge in [-0.05, 0) is 31.7 Å². The van der Waals surface area contributed by atoms with Crippen molar-refractivity contribution >= 4 is 5.69 Å². The standard InChI is InChI=1S/C13H18N2O4/c1-18-12-7-4-10(15(16)17)8-13(12)19-11-5-2-9(14)3-6-11/h4,7-9,11H,2-3,5-6,14H2,1H3. The molecule has 1 fully saturated rings. The number of rotatable bonds is 4. The quantitative estimate of drug-likeness (QED) is 0.667. The van der Waals surface area contributed by atoms with Gasteiger partial charge in [-0.3, -0.25) is 10.1 Å². The summed E-state index contributed by atoms with van der Waals surface area (Å²) >= 11 is 0. The minimum Gasteiger partial charge on any atom is -0.493 e. The zero-order valence-corrected chi connectivity index (χ0v) is 10.9. The molecule has 1 aromatic carbocycles. The zero-order chi connectivity index (χ0) is 13.8. The number of nitro groups is 1. The molecule has 0 unspecified atom stereocenters. The third-order valence-corrected chi connectivity index (χ3v) is 3.37. The molecule has 1 aliphatic carbocycles. The predicted molar refractivity (Wildman–Crippen MR) is 70.5 cm³/mol. The van der Waals surface area contributed by atoms with Gasteiger partial charge in [-0.2, -0.15) is 0 Å². The maximum Gasteiger partial charge on any atom is 0.273 e. The van der Waals surface area contributed by atoms with Crippen molar-refractivity contribution in [1.29, 1.82) is 0 Å². The Balaban J connectivity index is 2.13. The molecule has 2 N–H and O–H groups in total. The molecule has 19 heavy (non-hydrogen) atoms. The minimum atomic E-state index is -0.441. The number of ether oxygens (including phenoxy) is 2. The van der Waals surface area contributed by atoms with Gasteiger partial charge < -0.3 is 15.2 Å². The van der Waals surface area contributed by atoms with Crippen molar-refractivity contribution in [2.24, 2.45) is 5.73 Å². The molecule has 0 radical (unpaired) electrons. The lowest BCUT2D eigenvalue weighted by Crippen LogP contribution is -2.31. The second-order valence-corrected chi connectivity index (χ2v) is 4.75. The van der Waals surface area contributed by atoms with Gasteiger partial charge in [-0.25, -0.2) is 0 Å². The smallest absolute Gasteiger partial charge is 0.273 e. The number of methoxy groups -OCH3 is 1. The number of benzene rings is 1. The van der Waals surface area contributed by atoms with Crippen molar-refractivity contribution in [1.82, 2.24) is 0 Å². The van der Waals surface area contributed by atoms with Crippen molar-refractivity contribution in [3.63, 3.8) is 0 Å². The largest absolute Gasteiger partial charge is 0.493 e. The van der Waals surface area contributed by atoms with Crippen LogP contribution in [-0.4, -0.2) is 24.2 Å². The number of nitro benzene ring substituents is 1. The van der Waals surface area contributed by atoms with Gasteiger partial charge in [0.15, 0.2) is 11.5 Å². The third-order valence-electron chi connectivity index (χ3n) is 3.37. The maximum absolute atomic E-state index is 10.8. The van der Waals surface area contributed by atoms with E-state index in [2.05, 4.69) is 0 Å². The Kier molecular flexibility index (Phi) is 4.21. The summed E-state index contributed by atoms with van der Waals surface area (Å²) in [6.45, 7) is 0.